The SMILES string of the molecule is CN(C)c1ccc(/C=N\NC(=O)CN(C)S(=O)(=O)c2ccc(F)cc2)cc1. The molecule has 144 valence electrons. The summed E-state index contributed by atoms with van der Waals surface area (Å²) in [5.74, 6) is -1.13. The molecule has 0 heterocycles. The highest BCUT2D eigenvalue weighted by molar-refractivity contribution is 7.89. The molecule has 0 fully saturated rings. The number of amides is 1. The summed E-state index contributed by atoms with van der Waals surface area (Å²) >= 11 is 0. The highest BCUT2D eigenvalue weighted by atomic mass is 32.2. The molecule has 2 aromatic rings. The molecule has 0 aliphatic heterocycles. The average molecular weight is 392 g/mol. The van der Waals surface area contributed by atoms with Crippen LogP contribution >= 0.6 is 0 Å². The second-order valence-corrected chi connectivity index (χ2v) is 8.04. The molecule has 2 aromatic carbocycles. The number of hydrogen-bond donors (Lipinski definition) is 1. The largest absolute Gasteiger partial charge is 0.378 e. The quantitative estimate of drug-likeness (QED) is 0.574. The summed E-state index contributed by atoms with van der Waals surface area (Å²) in [6.45, 7) is -0.420. The Morgan fingerprint density at radius 2 is 1.67 bits per heavy atom. The Balaban J connectivity index is 1.93. The molecule has 0 radical (unpaired) electrons. The lowest BCUT2D eigenvalue weighted by atomic mass is 10.2. The molecule has 0 spiro atoms. The van der Waals surface area contributed by atoms with E-state index in [1.54, 1.807) is 0 Å². The molecule has 0 saturated heterocycles. The van der Waals surface area contributed by atoms with Crippen LogP contribution in [0.5, 0.6) is 0 Å². The minimum atomic E-state index is -3.89. The van der Waals surface area contributed by atoms with Gasteiger partial charge in [0.05, 0.1) is 17.7 Å². The van der Waals surface area contributed by atoms with E-state index in [0.717, 1.165) is 39.8 Å². The molecule has 0 aliphatic carbocycles. The van der Waals surface area contributed by atoms with Crippen LogP contribution in [-0.4, -0.2) is 52.5 Å². The third-order valence-electron chi connectivity index (χ3n) is 3.70. The van der Waals surface area contributed by atoms with Crippen molar-refractivity contribution in [2.75, 3.05) is 32.6 Å². The van der Waals surface area contributed by atoms with Crippen molar-refractivity contribution in [2.45, 2.75) is 4.90 Å². The summed E-state index contributed by atoms with van der Waals surface area (Å²) in [7, 11) is 1.23. The minimum absolute atomic E-state index is 0.0938. The maximum Gasteiger partial charge on any atom is 0.255 e. The van der Waals surface area contributed by atoms with Gasteiger partial charge in [0.25, 0.3) is 5.91 Å². The van der Waals surface area contributed by atoms with Gasteiger partial charge in [-0.15, -0.1) is 0 Å². The van der Waals surface area contributed by atoms with E-state index in [1.807, 2.05) is 43.3 Å². The minimum Gasteiger partial charge on any atom is -0.378 e. The summed E-state index contributed by atoms with van der Waals surface area (Å²) in [4.78, 5) is 13.8. The molecule has 0 aliphatic rings. The van der Waals surface area contributed by atoms with Crippen molar-refractivity contribution in [2.24, 2.45) is 5.10 Å². The van der Waals surface area contributed by atoms with Crippen LogP contribution < -0.4 is 10.3 Å². The van der Waals surface area contributed by atoms with Gasteiger partial charge in [0.15, 0.2) is 0 Å². The van der Waals surface area contributed by atoms with Gasteiger partial charge in [0.1, 0.15) is 5.82 Å². The summed E-state index contributed by atoms with van der Waals surface area (Å²) in [6.07, 6.45) is 1.46. The first kappa shape index (κ1) is 20.5. The number of halogens is 1. The van der Waals surface area contributed by atoms with E-state index < -0.39 is 28.3 Å². The fourth-order valence-electron chi connectivity index (χ4n) is 2.15. The molecular formula is C18H21FN4O3S. The number of hydrogen-bond acceptors (Lipinski definition) is 5. The number of carbonyl (C=O) groups excluding carboxylic acids is 1. The monoisotopic (exact) mass is 392 g/mol. The van der Waals surface area contributed by atoms with E-state index >= 15 is 0 Å². The highest BCUT2D eigenvalue weighted by Gasteiger charge is 2.22. The van der Waals surface area contributed by atoms with Gasteiger partial charge in [-0.1, -0.05) is 12.1 Å². The first-order chi connectivity index (χ1) is 12.7. The highest BCUT2D eigenvalue weighted by Crippen LogP contribution is 2.14. The Morgan fingerprint density at radius 3 is 2.22 bits per heavy atom. The van der Waals surface area contributed by atoms with Gasteiger partial charge < -0.3 is 4.90 Å². The third-order valence-corrected chi connectivity index (χ3v) is 5.52. The predicted molar refractivity (Wildman–Crippen MR) is 103 cm³/mol. The van der Waals surface area contributed by atoms with Crippen LogP contribution in [0.1, 0.15) is 5.56 Å². The molecule has 0 unspecified atom stereocenters. The number of likely N-dealkylation sites (N-methyl/N-ethyl adjacent to an activating group) is 1. The maximum atomic E-state index is 12.9. The van der Waals surface area contributed by atoms with E-state index in [9.17, 15) is 17.6 Å². The number of rotatable bonds is 7. The second-order valence-electron chi connectivity index (χ2n) is 5.99. The van der Waals surface area contributed by atoms with Crippen LogP contribution in [0.4, 0.5) is 10.1 Å². The van der Waals surface area contributed by atoms with Crippen LogP contribution in [0.25, 0.3) is 0 Å². The number of benzene rings is 2. The maximum absolute atomic E-state index is 12.9. The van der Waals surface area contributed by atoms with Crippen molar-refractivity contribution >= 4 is 27.8 Å². The lowest BCUT2D eigenvalue weighted by molar-refractivity contribution is -0.121. The average Bonchev–Trinajstić information content (AvgIpc) is 2.62. The lowest BCUT2D eigenvalue weighted by Crippen LogP contribution is -2.36. The first-order valence-corrected chi connectivity index (χ1v) is 9.45. The molecule has 9 heteroatoms. The summed E-state index contributed by atoms with van der Waals surface area (Å²) in [6, 6.07) is 11.9. The molecule has 0 aromatic heterocycles. The molecule has 0 saturated carbocycles. The van der Waals surface area contributed by atoms with Gasteiger partial charge in [-0.2, -0.15) is 9.41 Å². The van der Waals surface area contributed by atoms with Crippen molar-refractivity contribution in [1.82, 2.24) is 9.73 Å². The molecule has 0 atom stereocenters. The lowest BCUT2D eigenvalue weighted by Gasteiger charge is -2.16. The van der Waals surface area contributed by atoms with Crippen molar-refractivity contribution in [1.29, 1.82) is 0 Å². The van der Waals surface area contributed by atoms with Crippen LogP contribution in [-0.2, 0) is 14.8 Å². The fourth-order valence-corrected chi connectivity index (χ4v) is 3.27. The zero-order valence-electron chi connectivity index (χ0n) is 15.3. The molecule has 1 N–H and O–H groups in total. The van der Waals surface area contributed by atoms with Crippen molar-refractivity contribution in [3.05, 3.63) is 59.9 Å². The number of sulfonamides is 1. The standard InChI is InChI=1S/C18H21FN4O3S/c1-22(2)16-8-4-14(5-9-16)12-20-21-18(24)13-23(3)27(25,26)17-10-6-15(19)7-11-17/h4-12H,13H2,1-3H3,(H,21,24)/b20-12-. The van der Waals surface area contributed by atoms with Gasteiger partial charge in [-0.25, -0.2) is 18.2 Å². The van der Waals surface area contributed by atoms with E-state index in [2.05, 4.69) is 10.5 Å². The van der Waals surface area contributed by atoms with Crippen LogP contribution in [0.3, 0.4) is 0 Å². The predicted octanol–water partition coefficient (Wildman–Crippen LogP) is 1.66. The number of hydrazone groups is 1. The summed E-state index contributed by atoms with van der Waals surface area (Å²) < 4.78 is 38.5. The Morgan fingerprint density at radius 1 is 1.07 bits per heavy atom. The zero-order chi connectivity index (χ0) is 20.0. The van der Waals surface area contributed by atoms with E-state index in [4.69, 9.17) is 0 Å². The van der Waals surface area contributed by atoms with Crippen LogP contribution in [0, 0.1) is 5.82 Å². The molecule has 27 heavy (non-hydrogen) atoms. The van der Waals surface area contributed by atoms with Gasteiger partial charge in [0.2, 0.25) is 10.0 Å². The number of carbonyl (C=O) groups is 1. The number of nitrogens with one attached hydrogen (secondary N) is 1. The fraction of sp³-hybridized carbons (Fsp3) is 0.222. The molecule has 2 rings (SSSR count). The normalized spacial score (nSPS) is 11.7. The number of nitrogens with zero attached hydrogens (tertiary/aromatic N) is 3. The Labute approximate surface area is 158 Å². The van der Waals surface area contributed by atoms with E-state index in [0.29, 0.717) is 0 Å². The zero-order valence-corrected chi connectivity index (χ0v) is 16.1. The molecular weight excluding hydrogens is 371 g/mol. The second kappa shape index (κ2) is 8.74. The smallest absolute Gasteiger partial charge is 0.255 e. The van der Waals surface area contributed by atoms with Gasteiger partial charge in [-0.3, -0.25) is 4.79 Å². The Hall–Kier alpha value is -2.78. The summed E-state index contributed by atoms with van der Waals surface area (Å²) in [5.41, 5.74) is 4.10. The molecule has 1 amide bonds. The first-order valence-electron chi connectivity index (χ1n) is 8.01. The third kappa shape index (κ3) is 5.60. The Bertz CT molecular complexity index is 911. The van der Waals surface area contributed by atoms with E-state index in [-0.39, 0.29) is 4.90 Å². The van der Waals surface area contributed by atoms with Gasteiger partial charge >= 0.3 is 0 Å². The van der Waals surface area contributed by atoms with Crippen molar-refractivity contribution < 1.29 is 17.6 Å². The summed E-state index contributed by atoms with van der Waals surface area (Å²) in [5, 5.41) is 3.83. The van der Waals surface area contributed by atoms with Gasteiger partial charge in [-0.05, 0) is 42.0 Å². The van der Waals surface area contributed by atoms with Gasteiger partial charge in [0, 0.05) is 26.8 Å². The molecule has 0 bridgehead atoms. The van der Waals surface area contributed by atoms with Crippen molar-refractivity contribution in [3.8, 4) is 0 Å². The Kier molecular flexibility index (Phi) is 6.65. The number of anilines is 1. The molecule has 7 nitrogen and oxygen atoms in total. The van der Waals surface area contributed by atoms with Crippen molar-refractivity contribution in [3.63, 3.8) is 0 Å². The van der Waals surface area contributed by atoms with Crippen LogP contribution in [0.2, 0.25) is 0 Å². The van der Waals surface area contributed by atoms with Crippen LogP contribution in [0.15, 0.2) is 58.5 Å². The van der Waals surface area contributed by atoms with E-state index in [1.165, 1.54) is 13.3 Å². The topological polar surface area (TPSA) is 82.1 Å².